The molecule has 0 atom stereocenters. The number of carbonyl (C=O) groups is 1. The Balaban J connectivity index is 0. The molecule has 1 amide bonds. The van der Waals surface area contributed by atoms with Crippen LogP contribution in [0.5, 0.6) is 0 Å². The third-order valence-electron chi connectivity index (χ3n) is 4.41. The molecule has 0 aromatic carbocycles. The molecule has 0 spiro atoms. The molecule has 2 aliphatic heterocycles. The molecule has 0 saturated carbocycles. The van der Waals surface area contributed by atoms with Crippen molar-refractivity contribution in [2.75, 3.05) is 45.9 Å². The smallest absolute Gasteiger partial charge is 0.245 e. The molecule has 0 bridgehead atoms. The molecule has 2 aliphatic rings. The molecule has 0 radical (unpaired) electrons. The largest absolute Gasteiger partial charge is 0.387 e. The molecule has 2 rings (SSSR count). The van der Waals surface area contributed by atoms with Crippen LogP contribution in [0.15, 0.2) is 0 Å². The Morgan fingerprint density at radius 1 is 1.09 bits per heavy atom. The van der Waals surface area contributed by atoms with Crippen molar-refractivity contribution in [3.8, 4) is 0 Å². The van der Waals surface area contributed by atoms with Crippen LogP contribution in [-0.2, 0) is 4.79 Å². The number of nitrogens with one attached hydrogen (secondary N) is 2. The van der Waals surface area contributed by atoms with Crippen LogP contribution in [0.3, 0.4) is 0 Å². The lowest BCUT2D eigenvalue weighted by atomic mass is 9.93. The number of piperidine rings is 2. The fourth-order valence-electron chi connectivity index (χ4n) is 3.12. The van der Waals surface area contributed by atoms with Gasteiger partial charge in [0.05, 0.1) is 0 Å². The van der Waals surface area contributed by atoms with E-state index in [9.17, 15) is 4.79 Å². The van der Waals surface area contributed by atoms with Gasteiger partial charge in [0.2, 0.25) is 5.91 Å². The van der Waals surface area contributed by atoms with Crippen molar-refractivity contribution in [2.45, 2.75) is 53.4 Å². The second-order valence-electron chi connectivity index (χ2n) is 5.90. The normalized spacial score (nSPS) is 19.9. The summed E-state index contributed by atoms with van der Waals surface area (Å²) < 4.78 is 0. The van der Waals surface area contributed by atoms with Gasteiger partial charge in [-0.05, 0) is 63.7 Å². The molecule has 0 aromatic heterocycles. The second-order valence-corrected chi connectivity index (χ2v) is 5.90. The Hall–Kier alpha value is -0.650. The third-order valence-corrected chi connectivity index (χ3v) is 4.41. The second kappa shape index (κ2) is 14.9. The molecule has 5 nitrogen and oxygen atoms in total. The maximum absolute atomic E-state index is 11.0. The summed E-state index contributed by atoms with van der Waals surface area (Å²) in [4.78, 5) is 13.6. The van der Waals surface area contributed by atoms with E-state index in [0.29, 0.717) is 5.92 Å². The predicted octanol–water partition coefficient (Wildman–Crippen LogP) is 2.10. The summed E-state index contributed by atoms with van der Waals surface area (Å²) in [7, 11) is 0. The van der Waals surface area contributed by atoms with Crippen LogP contribution in [-0.4, -0.2) is 61.8 Å². The minimum absolute atomic E-state index is 0. The van der Waals surface area contributed by atoms with Gasteiger partial charge in [-0.15, -0.1) is 0 Å². The van der Waals surface area contributed by atoms with E-state index in [1.165, 1.54) is 32.5 Å². The van der Waals surface area contributed by atoms with Crippen molar-refractivity contribution in [3.63, 3.8) is 0 Å². The number of rotatable bonds is 5. The first-order valence-electron chi connectivity index (χ1n) is 9.58. The lowest BCUT2D eigenvalue weighted by molar-refractivity contribution is -0.124. The van der Waals surface area contributed by atoms with E-state index in [0.717, 1.165) is 38.4 Å². The highest BCUT2D eigenvalue weighted by Gasteiger charge is 2.22. The predicted molar refractivity (Wildman–Crippen MR) is 99.7 cm³/mol. The van der Waals surface area contributed by atoms with Crippen LogP contribution >= 0.6 is 0 Å². The van der Waals surface area contributed by atoms with Gasteiger partial charge in [0.25, 0.3) is 0 Å². The standard InChI is InChI=1S/C14H27N3O2.2C2H6.H2/c18-11-14(19)16-9-12-3-7-17(8-4-12)10-13-1-5-15-6-2-13;2*1-2;/h12-13,15,18H,1-11H2,(H,16,19);2*1-2H3;1H. The Kier molecular flexibility index (Phi) is 14.5. The molecule has 3 N–H and O–H groups in total. The highest BCUT2D eigenvalue weighted by atomic mass is 16.3. The average molecular weight is 332 g/mol. The molecule has 0 aromatic rings. The number of aliphatic hydroxyl groups is 1. The highest BCUT2D eigenvalue weighted by molar-refractivity contribution is 5.76. The van der Waals surface area contributed by atoms with Gasteiger partial charge in [-0.1, -0.05) is 27.7 Å². The zero-order chi connectivity index (χ0) is 17.5. The minimum atomic E-state index is -0.394. The number of likely N-dealkylation sites (tertiary alicyclic amines) is 1. The molecule has 2 fully saturated rings. The van der Waals surface area contributed by atoms with Gasteiger partial charge in [-0.3, -0.25) is 4.79 Å². The molecular weight excluding hydrogens is 290 g/mol. The van der Waals surface area contributed by atoms with Crippen molar-refractivity contribution in [1.29, 1.82) is 0 Å². The number of nitrogens with zero attached hydrogens (tertiary/aromatic N) is 1. The zero-order valence-electron chi connectivity index (χ0n) is 15.7. The minimum Gasteiger partial charge on any atom is -0.387 e. The van der Waals surface area contributed by atoms with Gasteiger partial charge >= 0.3 is 0 Å². The van der Waals surface area contributed by atoms with Crippen molar-refractivity contribution in [3.05, 3.63) is 0 Å². The van der Waals surface area contributed by atoms with Gasteiger partial charge in [-0.2, -0.15) is 0 Å². The van der Waals surface area contributed by atoms with Crippen LogP contribution < -0.4 is 10.6 Å². The number of aliphatic hydroxyl groups excluding tert-OH is 1. The number of hydrogen-bond acceptors (Lipinski definition) is 4. The van der Waals surface area contributed by atoms with Crippen LogP contribution in [0.2, 0.25) is 0 Å². The van der Waals surface area contributed by atoms with Gasteiger partial charge in [0.15, 0.2) is 0 Å². The van der Waals surface area contributed by atoms with E-state index in [1.54, 1.807) is 0 Å². The molecular formula is C18H41N3O2. The Bertz CT molecular complexity index is 279. The molecule has 0 unspecified atom stereocenters. The fourth-order valence-corrected chi connectivity index (χ4v) is 3.12. The summed E-state index contributed by atoms with van der Waals surface area (Å²) in [5.41, 5.74) is 0. The number of hydrogen-bond donors (Lipinski definition) is 3. The first-order valence-corrected chi connectivity index (χ1v) is 9.58. The Morgan fingerprint density at radius 2 is 1.65 bits per heavy atom. The maximum Gasteiger partial charge on any atom is 0.245 e. The molecule has 5 heteroatoms. The topological polar surface area (TPSA) is 64.6 Å². The van der Waals surface area contributed by atoms with E-state index in [1.807, 2.05) is 27.7 Å². The van der Waals surface area contributed by atoms with Gasteiger partial charge in [-0.25, -0.2) is 0 Å². The highest BCUT2D eigenvalue weighted by Crippen LogP contribution is 2.20. The molecule has 2 heterocycles. The molecule has 0 aliphatic carbocycles. The summed E-state index contributed by atoms with van der Waals surface area (Å²) in [6.45, 7) is 14.2. The van der Waals surface area contributed by atoms with E-state index in [-0.39, 0.29) is 7.33 Å². The summed E-state index contributed by atoms with van der Waals surface area (Å²) in [5, 5.41) is 14.9. The number of carbonyl (C=O) groups excluding carboxylic acids is 1. The lowest BCUT2D eigenvalue weighted by Gasteiger charge is -2.35. The first-order chi connectivity index (χ1) is 11.3. The zero-order valence-corrected chi connectivity index (χ0v) is 15.7. The van der Waals surface area contributed by atoms with Crippen LogP contribution in [0.25, 0.3) is 0 Å². The number of amides is 1. The average Bonchev–Trinajstić information content (AvgIpc) is 2.65. The summed E-state index contributed by atoms with van der Waals surface area (Å²) in [5.74, 6) is 1.20. The fraction of sp³-hybridized carbons (Fsp3) is 0.944. The maximum atomic E-state index is 11.0. The summed E-state index contributed by atoms with van der Waals surface area (Å²) in [6, 6.07) is 0. The molecule has 140 valence electrons. The van der Waals surface area contributed by atoms with Crippen LogP contribution in [0.4, 0.5) is 0 Å². The summed E-state index contributed by atoms with van der Waals surface area (Å²) >= 11 is 0. The Labute approximate surface area is 144 Å². The van der Waals surface area contributed by atoms with Crippen molar-refractivity contribution >= 4 is 5.91 Å². The monoisotopic (exact) mass is 331 g/mol. The van der Waals surface area contributed by atoms with Gasteiger partial charge in [0, 0.05) is 14.5 Å². The van der Waals surface area contributed by atoms with Gasteiger partial charge < -0.3 is 20.6 Å². The molecule has 23 heavy (non-hydrogen) atoms. The van der Waals surface area contributed by atoms with E-state index in [4.69, 9.17) is 5.11 Å². The van der Waals surface area contributed by atoms with Crippen molar-refractivity contribution in [2.24, 2.45) is 11.8 Å². The van der Waals surface area contributed by atoms with Crippen molar-refractivity contribution in [1.82, 2.24) is 15.5 Å². The third kappa shape index (κ3) is 9.95. The lowest BCUT2D eigenvalue weighted by Crippen LogP contribution is -2.42. The SMILES string of the molecule is CC.CC.O=C(CO)NCC1CCN(CC2CCNCC2)CC1.[HH]. The van der Waals surface area contributed by atoms with E-state index >= 15 is 0 Å². The summed E-state index contributed by atoms with van der Waals surface area (Å²) in [6.07, 6.45) is 4.95. The van der Waals surface area contributed by atoms with Gasteiger partial charge in [0.1, 0.15) is 6.61 Å². The Morgan fingerprint density at radius 3 is 2.17 bits per heavy atom. The quantitative estimate of drug-likeness (QED) is 0.722. The van der Waals surface area contributed by atoms with Crippen LogP contribution in [0, 0.1) is 11.8 Å². The molecule has 2 saturated heterocycles. The van der Waals surface area contributed by atoms with Crippen LogP contribution in [0.1, 0.15) is 54.8 Å². The van der Waals surface area contributed by atoms with E-state index < -0.39 is 6.61 Å². The van der Waals surface area contributed by atoms with Crippen molar-refractivity contribution < 1.29 is 11.3 Å². The van der Waals surface area contributed by atoms with E-state index in [2.05, 4.69) is 15.5 Å². The first kappa shape index (κ1) is 22.4.